The van der Waals surface area contributed by atoms with Crippen molar-refractivity contribution in [1.82, 2.24) is 0 Å². The molecule has 9 nitrogen and oxygen atoms in total. The Kier molecular flexibility index (Phi) is 12.6. The van der Waals surface area contributed by atoms with Crippen molar-refractivity contribution < 1.29 is 38.1 Å². The highest BCUT2D eigenvalue weighted by Crippen LogP contribution is 2.47. The van der Waals surface area contributed by atoms with Gasteiger partial charge in [0.15, 0.2) is 12.2 Å². The molecule has 0 saturated heterocycles. The summed E-state index contributed by atoms with van der Waals surface area (Å²) in [5.74, 6) is -0.830. The predicted molar refractivity (Wildman–Crippen MR) is 222 cm³/mol. The number of hydrogen-bond acceptors (Lipinski definition) is 9. The molecular formula is C49H52O9. The van der Waals surface area contributed by atoms with Crippen molar-refractivity contribution in [3.8, 4) is 5.75 Å². The largest absolute Gasteiger partial charge is 0.483 e. The van der Waals surface area contributed by atoms with Crippen molar-refractivity contribution in [3.05, 3.63) is 158 Å². The second kappa shape index (κ2) is 18.0. The number of carbonyl (C=O) groups is 2. The first-order valence-corrected chi connectivity index (χ1v) is 20.2. The Bertz CT molecular complexity index is 2340. The summed E-state index contributed by atoms with van der Waals surface area (Å²) in [5.41, 5.74) is 5.88. The number of rotatable bonds is 9. The summed E-state index contributed by atoms with van der Waals surface area (Å²) < 4.78 is 30.5. The Labute approximate surface area is 339 Å². The number of carbonyl (C=O) groups excluding carboxylic acids is 2. The van der Waals surface area contributed by atoms with E-state index in [0.717, 1.165) is 30.4 Å². The van der Waals surface area contributed by atoms with E-state index < -0.39 is 35.4 Å². The molecule has 3 aliphatic heterocycles. The fourth-order valence-corrected chi connectivity index (χ4v) is 8.17. The molecule has 0 saturated carbocycles. The Balaban J connectivity index is 1.26. The normalized spacial score (nSPS) is 20.4. The fourth-order valence-electron chi connectivity index (χ4n) is 8.17. The lowest BCUT2D eigenvalue weighted by molar-refractivity contribution is -0.188. The van der Waals surface area contributed by atoms with Crippen molar-refractivity contribution in [2.45, 2.75) is 89.9 Å². The van der Waals surface area contributed by atoms with Gasteiger partial charge in [-0.1, -0.05) is 78.9 Å². The van der Waals surface area contributed by atoms with Crippen LogP contribution in [0.3, 0.4) is 0 Å². The van der Waals surface area contributed by atoms with Gasteiger partial charge in [-0.15, -0.1) is 0 Å². The standard InChI is InChI=1S/C49H52O9/c1-31(30-50)40-21-19-32-13-15-35(16-14-32)27-37(18-17-34-11-8-12-36(26-34)25-33-9-6-5-7-10-33)28-42(51)55-45-43-41(58-49(2,3)46(45)57-48(40)53)22-20-38-29-39(23-24-54-4)47(52)56-44(38)43/h5-16,20,22,26,29,37,45-46,50H,17-19,21,23-25,27-28,30H2,1-4H3/t37-,45-,46-/m0/s1. The smallest absolute Gasteiger partial charge is 0.339 e. The van der Waals surface area contributed by atoms with Crippen LogP contribution in [0.1, 0.15) is 85.1 Å². The van der Waals surface area contributed by atoms with Crippen molar-refractivity contribution in [3.63, 3.8) is 0 Å². The summed E-state index contributed by atoms with van der Waals surface area (Å²) in [6.07, 6.45) is 2.02. The highest BCUT2D eigenvalue weighted by Gasteiger charge is 2.50. The monoisotopic (exact) mass is 784 g/mol. The number of hydrogen-bond donors (Lipinski definition) is 1. The Morgan fingerprint density at radius 1 is 0.810 bits per heavy atom. The van der Waals surface area contributed by atoms with Crippen molar-refractivity contribution in [1.29, 1.82) is 0 Å². The van der Waals surface area contributed by atoms with E-state index in [1.165, 1.54) is 16.7 Å². The van der Waals surface area contributed by atoms with E-state index >= 15 is 0 Å². The van der Waals surface area contributed by atoms with Gasteiger partial charge in [-0.2, -0.15) is 0 Å². The second-order valence-corrected chi connectivity index (χ2v) is 16.2. The maximum atomic E-state index is 14.4. The second-order valence-electron chi connectivity index (χ2n) is 16.2. The molecule has 9 heteroatoms. The van der Waals surface area contributed by atoms with Gasteiger partial charge in [0.25, 0.3) is 0 Å². The highest BCUT2D eigenvalue weighted by molar-refractivity contribution is 5.90. The van der Waals surface area contributed by atoms with Gasteiger partial charge < -0.3 is 28.5 Å². The average Bonchev–Trinajstić information content (AvgIpc) is 3.21. The lowest BCUT2D eigenvalue weighted by Crippen LogP contribution is -2.52. The summed E-state index contributed by atoms with van der Waals surface area (Å²) in [5, 5.41) is 10.8. The first kappa shape index (κ1) is 40.7. The summed E-state index contributed by atoms with van der Waals surface area (Å²) in [6.45, 7) is 5.27. The lowest BCUT2D eigenvalue weighted by atomic mass is 9.86. The number of esters is 2. The summed E-state index contributed by atoms with van der Waals surface area (Å²) >= 11 is 0. The zero-order chi connectivity index (χ0) is 40.8. The third kappa shape index (κ3) is 9.43. The zero-order valence-electron chi connectivity index (χ0n) is 33.8. The number of aliphatic hydroxyl groups excluding tert-OH is 1. The van der Waals surface area contributed by atoms with E-state index in [0.29, 0.717) is 65.7 Å². The van der Waals surface area contributed by atoms with E-state index in [4.69, 9.17) is 23.4 Å². The molecule has 0 spiro atoms. The number of aliphatic hydroxyl groups is 1. The Morgan fingerprint density at radius 2 is 1.55 bits per heavy atom. The van der Waals surface area contributed by atoms with E-state index in [-0.39, 0.29) is 24.5 Å². The first-order chi connectivity index (χ1) is 28.0. The summed E-state index contributed by atoms with van der Waals surface area (Å²) in [7, 11) is 1.57. The molecule has 302 valence electrons. The molecule has 5 aromatic rings. The molecule has 0 fully saturated rings. The summed E-state index contributed by atoms with van der Waals surface area (Å²) in [4.78, 5) is 41.9. The number of fused-ring (bicyclic) bond motifs is 13. The molecular weight excluding hydrogens is 733 g/mol. The van der Waals surface area contributed by atoms with Gasteiger partial charge in [0.1, 0.15) is 16.9 Å². The molecule has 58 heavy (non-hydrogen) atoms. The van der Waals surface area contributed by atoms with Crippen LogP contribution in [0.25, 0.3) is 11.0 Å². The van der Waals surface area contributed by atoms with Crippen molar-refractivity contribution >= 4 is 22.9 Å². The zero-order valence-corrected chi connectivity index (χ0v) is 33.8. The van der Waals surface area contributed by atoms with E-state index in [1.807, 2.05) is 6.07 Å². The van der Waals surface area contributed by atoms with Gasteiger partial charge in [-0.3, -0.25) is 4.79 Å². The molecule has 0 unspecified atom stereocenters. The van der Waals surface area contributed by atoms with E-state index in [1.54, 1.807) is 46.1 Å². The van der Waals surface area contributed by atoms with E-state index in [2.05, 4.69) is 72.8 Å². The van der Waals surface area contributed by atoms with Crippen LogP contribution in [-0.4, -0.2) is 49.1 Å². The fraction of sp³-hybridized carbons (Fsp3) is 0.367. The SMILES string of the molecule is COCCc1cc2ccc3c(c2oc1=O)[C@@H]1OC(=O)C[C@@H](CCc2cccc(Cc4ccccc4)c2)Cc2ccc(cc2)CCC(=C(C)CO)C(=O)O[C@@H]1C(C)(C)O3. The molecule has 0 amide bonds. The van der Waals surface area contributed by atoms with Gasteiger partial charge in [0.05, 0.1) is 18.8 Å². The molecule has 1 aromatic heterocycles. The average molecular weight is 785 g/mol. The number of aryl methyl sites for hydroxylation is 2. The molecule has 4 aromatic carbocycles. The minimum atomic E-state index is -1.18. The highest BCUT2D eigenvalue weighted by atomic mass is 16.6. The van der Waals surface area contributed by atoms with Gasteiger partial charge >= 0.3 is 17.6 Å². The first-order valence-electron chi connectivity index (χ1n) is 20.2. The number of methoxy groups -OCH3 is 1. The number of benzene rings is 4. The van der Waals surface area contributed by atoms with Crippen molar-refractivity contribution in [2.24, 2.45) is 5.92 Å². The molecule has 4 heterocycles. The van der Waals surface area contributed by atoms with Crippen LogP contribution in [0.4, 0.5) is 0 Å². The van der Waals surface area contributed by atoms with E-state index in [9.17, 15) is 19.5 Å². The lowest BCUT2D eigenvalue weighted by Gasteiger charge is -2.43. The van der Waals surface area contributed by atoms with Crippen LogP contribution in [0, 0.1) is 5.92 Å². The van der Waals surface area contributed by atoms with Crippen LogP contribution in [0.5, 0.6) is 5.75 Å². The van der Waals surface area contributed by atoms with Gasteiger partial charge in [-0.25, -0.2) is 9.59 Å². The van der Waals surface area contributed by atoms with Crippen LogP contribution in [-0.2, 0) is 55.9 Å². The maximum Gasteiger partial charge on any atom is 0.339 e. The maximum absolute atomic E-state index is 14.4. The van der Waals surface area contributed by atoms with Gasteiger partial charge in [0, 0.05) is 36.5 Å². The van der Waals surface area contributed by atoms with Crippen molar-refractivity contribution in [2.75, 3.05) is 20.3 Å². The van der Waals surface area contributed by atoms with Crippen LogP contribution < -0.4 is 10.4 Å². The third-order valence-corrected chi connectivity index (χ3v) is 11.4. The van der Waals surface area contributed by atoms with Gasteiger partial charge in [-0.05, 0) is 117 Å². The topological polar surface area (TPSA) is 122 Å². The molecule has 0 aliphatic carbocycles. The van der Waals surface area contributed by atoms with Crippen LogP contribution in [0.15, 0.2) is 117 Å². The van der Waals surface area contributed by atoms with Gasteiger partial charge in [0.2, 0.25) is 0 Å². The Hall–Kier alpha value is -5.51. The molecule has 1 N–H and O–H groups in total. The molecule has 0 radical (unpaired) electrons. The quantitative estimate of drug-likeness (QED) is 0.0893. The molecule has 3 aliphatic rings. The Morgan fingerprint density at radius 3 is 2.31 bits per heavy atom. The summed E-state index contributed by atoms with van der Waals surface area (Å²) in [6, 6.07) is 32.6. The molecule has 8 rings (SSSR count). The minimum Gasteiger partial charge on any atom is -0.483 e. The predicted octanol–water partition coefficient (Wildman–Crippen LogP) is 8.38. The number of ether oxygens (including phenoxy) is 4. The minimum absolute atomic E-state index is 0.0760. The third-order valence-electron chi connectivity index (χ3n) is 11.4. The van der Waals surface area contributed by atoms with Crippen LogP contribution in [0.2, 0.25) is 0 Å². The van der Waals surface area contributed by atoms with Crippen LogP contribution >= 0.6 is 0 Å². The molecule has 2 bridgehead atoms. The molecule has 3 atom stereocenters.